The summed E-state index contributed by atoms with van der Waals surface area (Å²) in [7, 11) is 0. The molecule has 2 amide bonds. The Balaban J connectivity index is 1.15. The second-order valence-electron chi connectivity index (χ2n) is 15.7. The smallest absolute Gasteiger partial charge is 0.258 e. The number of rotatable bonds is 8. The van der Waals surface area contributed by atoms with Crippen LogP contribution in [-0.4, -0.2) is 29.1 Å². The van der Waals surface area contributed by atoms with Crippen LogP contribution < -0.4 is 10.1 Å². The van der Waals surface area contributed by atoms with E-state index < -0.39 is 6.10 Å². The summed E-state index contributed by atoms with van der Waals surface area (Å²) in [6.07, 6.45) is 14.6. The lowest BCUT2D eigenvalue weighted by Crippen LogP contribution is -2.59. The van der Waals surface area contributed by atoms with E-state index in [1.165, 1.54) is 57.4 Å². The highest BCUT2D eigenvalue weighted by molar-refractivity contribution is 6.33. The molecule has 4 fully saturated rings. The van der Waals surface area contributed by atoms with Gasteiger partial charge in [-0.15, -0.1) is 0 Å². The summed E-state index contributed by atoms with van der Waals surface area (Å²) in [5.41, 5.74) is 1.78. The van der Waals surface area contributed by atoms with E-state index in [4.69, 9.17) is 4.74 Å². The molecule has 5 nitrogen and oxygen atoms in total. The van der Waals surface area contributed by atoms with Crippen LogP contribution in [0.2, 0.25) is 0 Å². The molecule has 42 heavy (non-hydrogen) atoms. The van der Waals surface area contributed by atoms with Crippen LogP contribution in [0, 0.1) is 52.3 Å². The number of carbonyl (C=O) groups is 2. The highest BCUT2D eigenvalue weighted by Gasteiger charge is 2.62. The third-order valence-corrected chi connectivity index (χ3v) is 13.1. The van der Waals surface area contributed by atoms with Crippen molar-refractivity contribution in [3.63, 3.8) is 0 Å². The van der Waals surface area contributed by atoms with Gasteiger partial charge in [-0.05, 0) is 115 Å². The Bertz CT molecular complexity index is 1200. The molecule has 5 heteroatoms. The summed E-state index contributed by atoms with van der Waals surface area (Å²) in [4.78, 5) is 23.7. The summed E-state index contributed by atoms with van der Waals surface area (Å²) in [6.45, 7) is 12.5. The molecule has 5 aliphatic rings. The van der Waals surface area contributed by atoms with E-state index in [0.717, 1.165) is 60.5 Å². The van der Waals surface area contributed by atoms with E-state index in [1.807, 2.05) is 24.3 Å². The van der Waals surface area contributed by atoms with Crippen molar-refractivity contribution in [1.82, 2.24) is 5.32 Å². The lowest BCUT2D eigenvalue weighted by molar-refractivity contribution is -0.168. The van der Waals surface area contributed by atoms with Gasteiger partial charge in [0.25, 0.3) is 11.8 Å². The molecule has 0 radical (unpaired) electrons. The number of nitrogens with one attached hydrogen (secondary N) is 1. The van der Waals surface area contributed by atoms with Crippen molar-refractivity contribution in [3.8, 4) is 5.75 Å². The molecule has 0 bridgehead atoms. The van der Waals surface area contributed by atoms with Gasteiger partial charge in [-0.3, -0.25) is 14.9 Å². The first kappa shape index (κ1) is 29.9. The van der Waals surface area contributed by atoms with Gasteiger partial charge in [-0.2, -0.15) is 0 Å². The van der Waals surface area contributed by atoms with Crippen LogP contribution in [-0.2, 0) is 9.59 Å². The maximum absolute atomic E-state index is 12.1. The van der Waals surface area contributed by atoms with Gasteiger partial charge >= 0.3 is 0 Å². The fraction of sp³-hybridized carbons (Fsp3) is 0.730. The monoisotopic (exact) mass is 575 g/mol. The van der Waals surface area contributed by atoms with Crippen LogP contribution in [0.25, 0.3) is 5.57 Å². The number of imide groups is 1. The summed E-state index contributed by atoms with van der Waals surface area (Å²) in [5, 5.41) is 13.5. The van der Waals surface area contributed by atoms with Crippen LogP contribution in [0.5, 0.6) is 5.75 Å². The molecular formula is C37H53NO4. The van der Waals surface area contributed by atoms with Gasteiger partial charge in [-0.1, -0.05) is 66.0 Å². The Morgan fingerprint density at radius 2 is 1.57 bits per heavy atom. The molecule has 2 N–H and O–H groups in total. The molecule has 1 aromatic rings. The highest BCUT2D eigenvalue weighted by atomic mass is 16.5. The average molecular weight is 576 g/mol. The number of ether oxygens (including phenoxy) is 1. The minimum Gasteiger partial charge on any atom is -0.487 e. The predicted octanol–water partition coefficient (Wildman–Crippen LogP) is 7.57. The lowest BCUT2D eigenvalue weighted by atomic mass is 9.44. The van der Waals surface area contributed by atoms with Crippen molar-refractivity contribution in [2.45, 2.75) is 117 Å². The summed E-state index contributed by atoms with van der Waals surface area (Å²) >= 11 is 0. The van der Waals surface area contributed by atoms with E-state index in [1.54, 1.807) is 0 Å². The largest absolute Gasteiger partial charge is 0.487 e. The van der Waals surface area contributed by atoms with E-state index >= 15 is 0 Å². The molecule has 1 unspecified atom stereocenters. The van der Waals surface area contributed by atoms with Crippen LogP contribution in [0.4, 0.5) is 0 Å². The zero-order valence-electron chi connectivity index (χ0n) is 26.5. The first-order valence-corrected chi connectivity index (χ1v) is 17.0. The van der Waals surface area contributed by atoms with Gasteiger partial charge < -0.3 is 9.84 Å². The first-order valence-electron chi connectivity index (χ1n) is 17.0. The topological polar surface area (TPSA) is 75.6 Å². The maximum Gasteiger partial charge on any atom is 0.258 e. The summed E-state index contributed by atoms with van der Waals surface area (Å²) in [6, 6.07) is 7.44. The van der Waals surface area contributed by atoms with E-state index in [-0.39, 0.29) is 23.3 Å². The van der Waals surface area contributed by atoms with Gasteiger partial charge in [0.2, 0.25) is 0 Å². The molecule has 4 saturated carbocycles. The number of carbonyl (C=O) groups excluding carboxylic acids is 2. The van der Waals surface area contributed by atoms with Gasteiger partial charge in [0, 0.05) is 12.0 Å². The number of hydrogen-bond donors (Lipinski definition) is 2. The Labute approximate surface area is 253 Å². The molecule has 230 valence electrons. The van der Waals surface area contributed by atoms with Crippen LogP contribution in [0.3, 0.4) is 0 Å². The van der Waals surface area contributed by atoms with Gasteiger partial charge in [0.05, 0.1) is 11.7 Å². The molecule has 0 spiro atoms. The number of hydrogen-bond acceptors (Lipinski definition) is 4. The molecular weight excluding hydrogens is 522 g/mol. The van der Waals surface area contributed by atoms with Gasteiger partial charge in [-0.25, -0.2) is 0 Å². The van der Waals surface area contributed by atoms with Crippen LogP contribution in [0.1, 0.15) is 111 Å². The zero-order valence-corrected chi connectivity index (χ0v) is 26.5. The Morgan fingerprint density at radius 3 is 2.26 bits per heavy atom. The molecule has 10 atom stereocenters. The normalized spacial score (nSPS) is 40.2. The maximum atomic E-state index is 12.1. The SMILES string of the molecule is CC(C)CCC[C@@H](C)[C@H]1CC[C@H]2[C@H]3CC[C@H]4C(Oc5ccc(C6=CC(=O)NC6=O)cc5)[C@@H](O)CC[C@@]4(C)[C@H]3CC[C@]12C. The molecule has 1 heterocycles. The molecule has 1 aromatic carbocycles. The number of fused-ring (bicyclic) bond motifs is 5. The number of amides is 2. The molecule has 4 aliphatic carbocycles. The van der Waals surface area contributed by atoms with Crippen LogP contribution >= 0.6 is 0 Å². The second kappa shape index (κ2) is 11.4. The molecule has 6 rings (SSSR count). The quantitative estimate of drug-likeness (QED) is 0.314. The number of benzene rings is 1. The summed E-state index contributed by atoms with van der Waals surface area (Å²) < 4.78 is 6.62. The van der Waals surface area contributed by atoms with Gasteiger partial charge in [0.15, 0.2) is 0 Å². The zero-order chi connectivity index (χ0) is 29.8. The van der Waals surface area contributed by atoms with E-state index in [0.29, 0.717) is 22.5 Å². The average Bonchev–Trinajstić information content (AvgIpc) is 3.48. The Morgan fingerprint density at radius 1 is 0.881 bits per heavy atom. The highest BCUT2D eigenvalue weighted by Crippen LogP contribution is 2.68. The van der Waals surface area contributed by atoms with Crippen molar-refractivity contribution in [1.29, 1.82) is 0 Å². The first-order chi connectivity index (χ1) is 20.0. The van der Waals surface area contributed by atoms with Crippen molar-refractivity contribution < 1.29 is 19.4 Å². The van der Waals surface area contributed by atoms with Crippen molar-refractivity contribution in [3.05, 3.63) is 35.9 Å². The Hall–Kier alpha value is -2.14. The number of aliphatic hydroxyl groups excluding tert-OH is 1. The van der Waals surface area contributed by atoms with Crippen molar-refractivity contribution >= 4 is 17.4 Å². The fourth-order valence-electron chi connectivity index (χ4n) is 11.0. The molecule has 0 aromatic heterocycles. The van der Waals surface area contributed by atoms with Crippen molar-refractivity contribution in [2.24, 2.45) is 52.3 Å². The lowest BCUT2D eigenvalue weighted by Gasteiger charge is -2.62. The Kier molecular flexibility index (Phi) is 8.13. The minimum atomic E-state index is -0.461. The predicted molar refractivity (Wildman–Crippen MR) is 166 cm³/mol. The van der Waals surface area contributed by atoms with E-state index in [2.05, 4.69) is 39.9 Å². The minimum absolute atomic E-state index is 0.197. The van der Waals surface area contributed by atoms with Gasteiger partial charge in [0.1, 0.15) is 11.9 Å². The van der Waals surface area contributed by atoms with Crippen LogP contribution in [0.15, 0.2) is 30.3 Å². The second-order valence-corrected chi connectivity index (χ2v) is 15.7. The molecule has 0 saturated heterocycles. The third kappa shape index (κ3) is 5.16. The number of aliphatic hydroxyl groups is 1. The standard InChI is InChI=1S/C37H53NO4/c1-22(2)7-6-8-23(3)28-15-16-29-26-13-14-31-34(32(39)18-20-37(31,5)30(26)17-19-36(28,29)4)42-25-11-9-24(10-12-25)27-21-33(40)38-35(27)41/h9-12,21-23,26,28-32,34,39H,6-8,13-20H2,1-5H3,(H,38,40,41)/t23-,26-,28-,29+,30+,31+,32+,34?,36-,37+/m1/s1. The van der Waals surface area contributed by atoms with E-state index in [9.17, 15) is 14.7 Å². The fourth-order valence-corrected chi connectivity index (χ4v) is 11.0. The summed E-state index contributed by atoms with van der Waals surface area (Å²) in [5.74, 6) is 5.22. The molecule has 1 aliphatic heterocycles. The third-order valence-electron chi connectivity index (χ3n) is 13.1. The van der Waals surface area contributed by atoms with Crippen molar-refractivity contribution in [2.75, 3.05) is 0 Å².